The topological polar surface area (TPSA) is 38.3 Å². The minimum Gasteiger partial charge on any atom is -0.450 e. The van der Waals surface area contributed by atoms with E-state index < -0.39 is 0 Å². The van der Waals surface area contributed by atoms with E-state index >= 15 is 0 Å². The predicted molar refractivity (Wildman–Crippen MR) is 44.1 cm³/mol. The van der Waals surface area contributed by atoms with Crippen LogP contribution >= 0.6 is 0 Å². The van der Waals surface area contributed by atoms with Crippen molar-refractivity contribution in [1.82, 2.24) is 5.32 Å². The third-order valence-corrected chi connectivity index (χ3v) is 1.18. The summed E-state index contributed by atoms with van der Waals surface area (Å²) in [5.41, 5.74) is 0. The first-order valence-electron chi connectivity index (χ1n) is 4.05. The molecular weight excluding hydrogens is 142 g/mol. The lowest BCUT2D eigenvalue weighted by molar-refractivity contribution is -0.144. The van der Waals surface area contributed by atoms with Crippen LogP contribution in [0.25, 0.3) is 0 Å². The van der Waals surface area contributed by atoms with Crippen molar-refractivity contribution in [2.24, 2.45) is 0 Å². The van der Waals surface area contributed by atoms with Crippen LogP contribution in [0.5, 0.6) is 0 Å². The van der Waals surface area contributed by atoms with Gasteiger partial charge in [0.05, 0.1) is 0 Å². The van der Waals surface area contributed by atoms with Crippen molar-refractivity contribution in [2.75, 3.05) is 6.73 Å². The highest BCUT2D eigenvalue weighted by molar-refractivity contribution is 5.69. The van der Waals surface area contributed by atoms with E-state index in [0.717, 1.165) is 6.42 Å². The molecule has 0 saturated carbocycles. The quantitative estimate of drug-likeness (QED) is 0.485. The first-order valence-corrected chi connectivity index (χ1v) is 4.05. The zero-order valence-electron chi connectivity index (χ0n) is 7.52. The number of esters is 1. The summed E-state index contributed by atoms with van der Waals surface area (Å²) in [6.07, 6.45) is 1.36. The lowest BCUT2D eigenvalue weighted by Gasteiger charge is -2.07. The van der Waals surface area contributed by atoms with Crippen molar-refractivity contribution >= 4 is 5.97 Å². The van der Waals surface area contributed by atoms with E-state index in [2.05, 4.69) is 5.32 Å². The van der Waals surface area contributed by atoms with Crippen molar-refractivity contribution in [3.8, 4) is 0 Å². The molecule has 0 aliphatic rings. The monoisotopic (exact) mass is 159 g/mol. The molecule has 11 heavy (non-hydrogen) atoms. The number of rotatable bonds is 5. The number of carbonyl (C=O) groups excluding carboxylic acids is 1. The molecule has 0 spiro atoms. The Morgan fingerprint density at radius 1 is 1.55 bits per heavy atom. The van der Waals surface area contributed by atoms with Gasteiger partial charge in [-0.1, -0.05) is 6.92 Å². The molecule has 0 heterocycles. The Kier molecular flexibility index (Phi) is 5.84. The number of hydrogen-bond donors (Lipinski definition) is 1. The second-order valence-electron chi connectivity index (χ2n) is 2.77. The minimum atomic E-state index is -0.124. The minimum absolute atomic E-state index is 0.124. The summed E-state index contributed by atoms with van der Waals surface area (Å²) in [6, 6.07) is 0.365. The van der Waals surface area contributed by atoms with E-state index in [1.54, 1.807) is 0 Å². The number of nitrogens with one attached hydrogen (secondary N) is 1. The van der Waals surface area contributed by atoms with Gasteiger partial charge in [0.15, 0.2) is 0 Å². The smallest absolute Gasteiger partial charge is 0.307 e. The molecule has 0 amide bonds. The van der Waals surface area contributed by atoms with E-state index in [4.69, 9.17) is 4.74 Å². The molecule has 0 aliphatic carbocycles. The van der Waals surface area contributed by atoms with E-state index in [0.29, 0.717) is 19.2 Å². The normalized spacial score (nSPS) is 10.2. The van der Waals surface area contributed by atoms with Gasteiger partial charge in [-0.2, -0.15) is 0 Å². The molecule has 3 nitrogen and oxygen atoms in total. The molecule has 0 rings (SSSR count). The Labute approximate surface area is 68.1 Å². The van der Waals surface area contributed by atoms with Crippen molar-refractivity contribution in [2.45, 2.75) is 39.7 Å². The summed E-state index contributed by atoms with van der Waals surface area (Å²) >= 11 is 0. The van der Waals surface area contributed by atoms with Crippen LogP contribution < -0.4 is 5.32 Å². The summed E-state index contributed by atoms with van der Waals surface area (Å²) in [5, 5.41) is 2.99. The zero-order chi connectivity index (χ0) is 8.69. The van der Waals surface area contributed by atoms with Crippen molar-refractivity contribution in [3.05, 3.63) is 0 Å². The van der Waals surface area contributed by atoms with Gasteiger partial charge >= 0.3 is 5.97 Å². The SMILES string of the molecule is CCCC(=O)OCNC(C)C. The molecule has 0 bridgehead atoms. The third-order valence-electron chi connectivity index (χ3n) is 1.18. The summed E-state index contributed by atoms with van der Waals surface area (Å²) in [7, 11) is 0. The highest BCUT2D eigenvalue weighted by Crippen LogP contribution is 1.89. The first-order chi connectivity index (χ1) is 5.16. The number of carbonyl (C=O) groups is 1. The number of ether oxygens (including phenoxy) is 1. The van der Waals surface area contributed by atoms with Gasteiger partial charge in [-0.15, -0.1) is 0 Å². The highest BCUT2D eigenvalue weighted by Gasteiger charge is 1.99. The largest absolute Gasteiger partial charge is 0.450 e. The molecule has 0 unspecified atom stereocenters. The molecule has 0 aromatic heterocycles. The van der Waals surface area contributed by atoms with Gasteiger partial charge in [0.1, 0.15) is 6.73 Å². The lowest BCUT2D eigenvalue weighted by atomic mass is 10.3. The molecule has 0 fully saturated rings. The molecule has 0 aromatic rings. The molecule has 0 atom stereocenters. The maximum absolute atomic E-state index is 10.8. The molecule has 1 N–H and O–H groups in total. The summed E-state index contributed by atoms with van der Waals surface area (Å²) in [5.74, 6) is -0.124. The zero-order valence-corrected chi connectivity index (χ0v) is 7.52. The molecular formula is C8H17NO2. The average Bonchev–Trinajstić information content (AvgIpc) is 1.87. The molecule has 0 radical (unpaired) electrons. The van der Waals surface area contributed by atoms with Crippen LogP contribution in [-0.4, -0.2) is 18.7 Å². The van der Waals surface area contributed by atoms with Crippen LogP contribution in [0.1, 0.15) is 33.6 Å². The average molecular weight is 159 g/mol. The van der Waals surface area contributed by atoms with Gasteiger partial charge in [-0.25, -0.2) is 0 Å². The fraction of sp³-hybridized carbons (Fsp3) is 0.875. The van der Waals surface area contributed by atoms with Crippen LogP contribution in [0.2, 0.25) is 0 Å². The van der Waals surface area contributed by atoms with Crippen LogP contribution in [0.3, 0.4) is 0 Å². The Bertz CT molecular complexity index is 113. The standard InChI is InChI=1S/C8H17NO2/c1-4-5-8(10)11-6-9-7(2)3/h7,9H,4-6H2,1-3H3. The Hall–Kier alpha value is -0.570. The van der Waals surface area contributed by atoms with Gasteiger partial charge in [0.25, 0.3) is 0 Å². The summed E-state index contributed by atoms with van der Waals surface area (Å²) in [6.45, 7) is 6.30. The van der Waals surface area contributed by atoms with Crippen molar-refractivity contribution < 1.29 is 9.53 Å². The van der Waals surface area contributed by atoms with Crippen LogP contribution in [0, 0.1) is 0 Å². The van der Waals surface area contributed by atoms with E-state index in [1.165, 1.54) is 0 Å². The second kappa shape index (κ2) is 6.16. The molecule has 3 heteroatoms. The Morgan fingerprint density at radius 2 is 2.18 bits per heavy atom. The Balaban J connectivity index is 3.17. The van der Waals surface area contributed by atoms with Crippen molar-refractivity contribution in [1.29, 1.82) is 0 Å². The summed E-state index contributed by atoms with van der Waals surface area (Å²) < 4.78 is 4.84. The fourth-order valence-electron chi connectivity index (χ4n) is 0.565. The maximum atomic E-state index is 10.8. The second-order valence-corrected chi connectivity index (χ2v) is 2.77. The fourth-order valence-corrected chi connectivity index (χ4v) is 0.565. The van der Waals surface area contributed by atoms with E-state index in [-0.39, 0.29) is 5.97 Å². The lowest BCUT2D eigenvalue weighted by Crippen LogP contribution is -2.27. The number of hydrogen-bond acceptors (Lipinski definition) is 3. The highest BCUT2D eigenvalue weighted by atomic mass is 16.5. The first kappa shape index (κ1) is 10.4. The molecule has 0 aliphatic heterocycles. The van der Waals surface area contributed by atoms with Crippen LogP contribution in [-0.2, 0) is 9.53 Å². The van der Waals surface area contributed by atoms with Gasteiger partial charge in [-0.05, 0) is 20.3 Å². The van der Waals surface area contributed by atoms with Crippen molar-refractivity contribution in [3.63, 3.8) is 0 Å². The maximum Gasteiger partial charge on any atom is 0.307 e. The third kappa shape index (κ3) is 7.33. The van der Waals surface area contributed by atoms with E-state index in [9.17, 15) is 4.79 Å². The molecule has 0 aromatic carbocycles. The van der Waals surface area contributed by atoms with Gasteiger partial charge in [-0.3, -0.25) is 10.1 Å². The van der Waals surface area contributed by atoms with Gasteiger partial charge in [0.2, 0.25) is 0 Å². The predicted octanol–water partition coefficient (Wildman–Crippen LogP) is 1.29. The summed E-state index contributed by atoms with van der Waals surface area (Å²) in [4.78, 5) is 10.8. The van der Waals surface area contributed by atoms with Gasteiger partial charge in [0, 0.05) is 12.5 Å². The van der Waals surface area contributed by atoms with E-state index in [1.807, 2.05) is 20.8 Å². The Morgan fingerprint density at radius 3 is 2.64 bits per heavy atom. The van der Waals surface area contributed by atoms with Gasteiger partial charge < -0.3 is 4.74 Å². The molecule has 66 valence electrons. The van der Waals surface area contributed by atoms with Crippen LogP contribution in [0.4, 0.5) is 0 Å². The molecule has 0 saturated heterocycles. The van der Waals surface area contributed by atoms with Crippen LogP contribution in [0.15, 0.2) is 0 Å².